The number of amides is 1. The Morgan fingerprint density at radius 2 is 2.44 bits per heavy atom. The monoisotopic (exact) mass is 259 g/mol. The quantitative estimate of drug-likeness (QED) is 0.845. The molecule has 0 spiro atoms. The summed E-state index contributed by atoms with van der Waals surface area (Å²) in [6.07, 6.45) is 3.07. The minimum Gasteiger partial charge on any atom is -0.495 e. The van der Waals surface area contributed by atoms with Gasteiger partial charge >= 0.3 is 0 Å². The number of hydrogen-bond acceptors (Lipinski definition) is 3. The first kappa shape index (κ1) is 11.7. The van der Waals surface area contributed by atoms with Crippen LogP contribution < -0.4 is 10.1 Å². The molecule has 2 rings (SSSR count). The van der Waals surface area contributed by atoms with Gasteiger partial charge in [0.05, 0.1) is 12.6 Å². The maximum Gasteiger partial charge on any atom is 0.265 e. The van der Waals surface area contributed by atoms with Crippen LogP contribution in [0.1, 0.15) is 28.9 Å². The summed E-state index contributed by atoms with van der Waals surface area (Å²) in [6.45, 7) is 0. The maximum absolute atomic E-state index is 12.0. The van der Waals surface area contributed by atoms with Crippen molar-refractivity contribution in [1.29, 1.82) is 0 Å². The molecule has 1 aliphatic rings. The van der Waals surface area contributed by atoms with Gasteiger partial charge in [-0.05, 0) is 30.7 Å². The van der Waals surface area contributed by atoms with Gasteiger partial charge in [0.25, 0.3) is 5.91 Å². The van der Waals surface area contributed by atoms with Crippen molar-refractivity contribution >= 4 is 28.8 Å². The maximum atomic E-state index is 12.0. The number of halogens is 1. The Hall–Kier alpha value is -0.740. The molecule has 1 aromatic heterocycles. The molecule has 0 atom stereocenters. The van der Waals surface area contributed by atoms with Gasteiger partial charge < -0.3 is 10.1 Å². The zero-order chi connectivity index (χ0) is 11.6. The van der Waals surface area contributed by atoms with Crippen LogP contribution in [0.3, 0.4) is 0 Å². The Morgan fingerprint density at radius 1 is 1.69 bits per heavy atom. The molecule has 5 heteroatoms. The van der Waals surface area contributed by atoms with E-state index in [0.717, 1.165) is 19.3 Å². The lowest BCUT2D eigenvalue weighted by Gasteiger charge is -2.40. The Kier molecular flexibility index (Phi) is 3.40. The lowest BCUT2D eigenvalue weighted by Crippen LogP contribution is -2.54. The first-order valence-electron chi connectivity index (χ1n) is 5.21. The normalized spacial score (nSPS) is 17.6. The van der Waals surface area contributed by atoms with Crippen LogP contribution in [0.2, 0.25) is 0 Å². The second kappa shape index (κ2) is 4.63. The number of ether oxygens (including phenoxy) is 1. The molecule has 0 aliphatic heterocycles. The van der Waals surface area contributed by atoms with Crippen LogP contribution in [-0.4, -0.2) is 24.4 Å². The minimum absolute atomic E-state index is 0.0767. The number of alkyl halides is 1. The molecule has 0 saturated heterocycles. The van der Waals surface area contributed by atoms with Gasteiger partial charge in [0, 0.05) is 5.88 Å². The van der Waals surface area contributed by atoms with Gasteiger partial charge in [-0.1, -0.05) is 0 Å². The van der Waals surface area contributed by atoms with Crippen molar-refractivity contribution in [2.45, 2.75) is 24.8 Å². The summed E-state index contributed by atoms with van der Waals surface area (Å²) in [6, 6.07) is 1.80. The van der Waals surface area contributed by atoms with Crippen molar-refractivity contribution in [1.82, 2.24) is 5.32 Å². The van der Waals surface area contributed by atoms with Gasteiger partial charge in [-0.2, -0.15) is 0 Å². The summed E-state index contributed by atoms with van der Waals surface area (Å²) in [4.78, 5) is 12.6. The van der Waals surface area contributed by atoms with E-state index in [1.165, 1.54) is 11.3 Å². The highest BCUT2D eigenvalue weighted by Gasteiger charge is 2.38. The van der Waals surface area contributed by atoms with Gasteiger partial charge in [0.15, 0.2) is 0 Å². The Morgan fingerprint density at radius 3 is 2.94 bits per heavy atom. The number of hydrogen-bond donors (Lipinski definition) is 1. The van der Waals surface area contributed by atoms with E-state index in [2.05, 4.69) is 5.32 Å². The summed E-state index contributed by atoms with van der Waals surface area (Å²) in [7, 11) is 1.57. The van der Waals surface area contributed by atoms with Crippen molar-refractivity contribution in [3.05, 3.63) is 16.3 Å². The zero-order valence-electron chi connectivity index (χ0n) is 9.09. The molecule has 1 N–H and O–H groups in total. The molecule has 1 aromatic rings. The highest BCUT2D eigenvalue weighted by atomic mass is 35.5. The summed E-state index contributed by atoms with van der Waals surface area (Å²) in [5.74, 6) is 1.03. The second-order valence-electron chi connectivity index (χ2n) is 4.04. The summed E-state index contributed by atoms with van der Waals surface area (Å²) in [5.41, 5.74) is -0.187. The Balaban J connectivity index is 2.08. The molecule has 1 heterocycles. The average Bonchev–Trinajstić information content (AvgIpc) is 2.71. The molecular weight excluding hydrogens is 246 g/mol. The highest BCUT2D eigenvalue weighted by Crippen LogP contribution is 2.34. The van der Waals surface area contributed by atoms with E-state index >= 15 is 0 Å². The van der Waals surface area contributed by atoms with E-state index in [0.29, 0.717) is 16.5 Å². The van der Waals surface area contributed by atoms with Crippen LogP contribution in [0, 0.1) is 0 Å². The van der Waals surface area contributed by atoms with Gasteiger partial charge in [0.1, 0.15) is 10.6 Å². The smallest absolute Gasteiger partial charge is 0.265 e. The molecule has 88 valence electrons. The predicted octanol–water partition coefficient (Wildman–Crippen LogP) is 2.65. The highest BCUT2D eigenvalue weighted by molar-refractivity contribution is 7.12. The zero-order valence-corrected chi connectivity index (χ0v) is 10.7. The third kappa shape index (κ3) is 2.04. The molecule has 1 saturated carbocycles. The predicted molar refractivity (Wildman–Crippen MR) is 65.6 cm³/mol. The first-order chi connectivity index (χ1) is 7.71. The van der Waals surface area contributed by atoms with E-state index in [9.17, 15) is 4.79 Å². The average molecular weight is 260 g/mol. The van der Waals surface area contributed by atoms with Crippen LogP contribution in [0.25, 0.3) is 0 Å². The van der Waals surface area contributed by atoms with E-state index in [1.54, 1.807) is 13.2 Å². The first-order valence-corrected chi connectivity index (χ1v) is 6.62. The van der Waals surface area contributed by atoms with Gasteiger partial charge in [-0.15, -0.1) is 22.9 Å². The van der Waals surface area contributed by atoms with Gasteiger partial charge in [-0.25, -0.2) is 0 Å². The third-order valence-corrected chi connectivity index (χ3v) is 4.41. The van der Waals surface area contributed by atoms with E-state index in [4.69, 9.17) is 16.3 Å². The summed E-state index contributed by atoms with van der Waals surface area (Å²) < 4.78 is 5.12. The van der Waals surface area contributed by atoms with Crippen molar-refractivity contribution in [3.63, 3.8) is 0 Å². The largest absolute Gasteiger partial charge is 0.495 e. The molecule has 1 aliphatic carbocycles. The molecule has 16 heavy (non-hydrogen) atoms. The fourth-order valence-electron chi connectivity index (χ4n) is 1.82. The minimum atomic E-state index is -0.187. The topological polar surface area (TPSA) is 38.3 Å². The number of methoxy groups -OCH3 is 1. The van der Waals surface area contributed by atoms with E-state index in [-0.39, 0.29) is 11.4 Å². The van der Waals surface area contributed by atoms with Crippen LogP contribution in [0.15, 0.2) is 11.4 Å². The van der Waals surface area contributed by atoms with Crippen LogP contribution in [-0.2, 0) is 0 Å². The van der Waals surface area contributed by atoms with Crippen LogP contribution in [0.5, 0.6) is 5.75 Å². The Bertz CT molecular complexity index is 382. The number of carbonyl (C=O) groups is 1. The van der Waals surface area contributed by atoms with Crippen molar-refractivity contribution < 1.29 is 9.53 Å². The fraction of sp³-hybridized carbons (Fsp3) is 0.545. The van der Waals surface area contributed by atoms with Crippen LogP contribution >= 0.6 is 22.9 Å². The summed E-state index contributed by atoms with van der Waals surface area (Å²) in [5, 5.41) is 4.87. The van der Waals surface area contributed by atoms with E-state index in [1.807, 2.05) is 5.38 Å². The molecule has 3 nitrogen and oxygen atoms in total. The lowest BCUT2D eigenvalue weighted by molar-refractivity contribution is 0.0855. The molecule has 1 fully saturated rings. The number of thiophene rings is 1. The molecule has 0 aromatic carbocycles. The summed E-state index contributed by atoms with van der Waals surface area (Å²) >= 11 is 7.28. The molecule has 0 radical (unpaired) electrons. The molecule has 0 unspecified atom stereocenters. The number of carbonyl (C=O) groups excluding carboxylic acids is 1. The number of rotatable bonds is 4. The SMILES string of the molecule is COc1ccsc1C(=O)NC1(CCl)CCC1. The molecular formula is C11H14ClNO2S. The van der Waals surface area contributed by atoms with Gasteiger partial charge in [0.2, 0.25) is 0 Å². The molecule has 0 bridgehead atoms. The van der Waals surface area contributed by atoms with Crippen molar-refractivity contribution in [2.24, 2.45) is 0 Å². The van der Waals surface area contributed by atoms with E-state index < -0.39 is 0 Å². The molecule has 1 amide bonds. The van der Waals surface area contributed by atoms with Crippen molar-refractivity contribution in [3.8, 4) is 5.75 Å². The standard InChI is InChI=1S/C11H14ClNO2S/c1-15-8-3-6-16-9(8)10(14)13-11(7-12)4-2-5-11/h3,6H,2,4-5,7H2,1H3,(H,13,14). The lowest BCUT2D eigenvalue weighted by atomic mass is 9.78. The second-order valence-corrected chi connectivity index (χ2v) is 5.22. The third-order valence-electron chi connectivity index (χ3n) is 3.00. The van der Waals surface area contributed by atoms with Gasteiger partial charge in [-0.3, -0.25) is 4.79 Å². The van der Waals surface area contributed by atoms with Crippen molar-refractivity contribution in [2.75, 3.05) is 13.0 Å². The Labute approximate surface area is 104 Å². The fourth-order valence-corrected chi connectivity index (χ4v) is 2.90. The van der Waals surface area contributed by atoms with Crippen LogP contribution in [0.4, 0.5) is 0 Å². The number of nitrogens with one attached hydrogen (secondary N) is 1.